The molecule has 5 unspecified atom stereocenters. The fourth-order valence-corrected chi connectivity index (χ4v) is 8.38. The van der Waals surface area contributed by atoms with E-state index in [4.69, 9.17) is 28.3 Å². The van der Waals surface area contributed by atoms with Gasteiger partial charge in [0.05, 0.1) is 6.61 Å². The van der Waals surface area contributed by atoms with Crippen molar-refractivity contribution in [3.8, 4) is 0 Å². The fraction of sp³-hybridized carbons (Fsp3) is 0.902. The van der Waals surface area contributed by atoms with Gasteiger partial charge in [-0.3, -0.25) is 23.2 Å². The Hall–Kier alpha value is -1.26. The van der Waals surface area contributed by atoms with Gasteiger partial charge in [-0.2, -0.15) is 0 Å². The molecule has 8 atom stereocenters. The number of hydrogen-bond acceptors (Lipinski definition) is 13. The number of unbranched alkanes of at least 4 members (excludes halogenated alkanes) is 21. The van der Waals surface area contributed by atoms with E-state index in [2.05, 4.69) is 30.5 Å². The molecule has 18 heteroatoms. The molecule has 7 N–H and O–H groups in total. The van der Waals surface area contributed by atoms with E-state index < -0.39 is 83.5 Å². The SMILES string of the molecule is CCCCCC/C=C\CCCCCCCC(=O)OC[C@H](COP(=O)(O)O[C@H]1C(O)C(O)C(O)[C@@H](OP(=O)(O)O)C1O)OC(=O)CCCCCCCCCCCCCCC. The molecule has 0 spiro atoms. The number of hydrogen-bond donors (Lipinski definition) is 7. The zero-order valence-corrected chi connectivity index (χ0v) is 37.5. The Bertz CT molecular complexity index is 1220. The van der Waals surface area contributed by atoms with E-state index in [1.807, 2.05) is 0 Å². The van der Waals surface area contributed by atoms with Crippen LogP contribution in [0.1, 0.15) is 181 Å². The molecule has 348 valence electrons. The maximum Gasteiger partial charge on any atom is 0.472 e. The first-order valence-corrected chi connectivity index (χ1v) is 25.3. The van der Waals surface area contributed by atoms with Crippen LogP contribution < -0.4 is 0 Å². The second kappa shape index (κ2) is 33.3. The van der Waals surface area contributed by atoms with Crippen molar-refractivity contribution < 1.29 is 76.9 Å². The summed E-state index contributed by atoms with van der Waals surface area (Å²) >= 11 is 0. The lowest BCUT2D eigenvalue weighted by atomic mass is 9.85. The minimum Gasteiger partial charge on any atom is -0.462 e. The molecular formula is C41H78O16P2. The lowest BCUT2D eigenvalue weighted by molar-refractivity contribution is -0.216. The van der Waals surface area contributed by atoms with Crippen LogP contribution in [0.25, 0.3) is 0 Å². The smallest absolute Gasteiger partial charge is 0.462 e. The van der Waals surface area contributed by atoms with Crippen LogP contribution in [0.5, 0.6) is 0 Å². The van der Waals surface area contributed by atoms with Crippen LogP contribution in [0.3, 0.4) is 0 Å². The number of phosphoric acid groups is 2. The van der Waals surface area contributed by atoms with Gasteiger partial charge in [0.2, 0.25) is 0 Å². The summed E-state index contributed by atoms with van der Waals surface area (Å²) in [7, 11) is -10.7. The number of allylic oxidation sites excluding steroid dienone is 2. The summed E-state index contributed by atoms with van der Waals surface area (Å²) in [4.78, 5) is 54.1. The van der Waals surface area contributed by atoms with Gasteiger partial charge >= 0.3 is 27.6 Å². The van der Waals surface area contributed by atoms with E-state index in [0.717, 1.165) is 64.2 Å². The van der Waals surface area contributed by atoms with Gasteiger partial charge in [0, 0.05) is 12.8 Å². The second-order valence-electron chi connectivity index (χ2n) is 15.8. The number of phosphoric ester groups is 2. The van der Waals surface area contributed by atoms with Gasteiger partial charge in [-0.1, -0.05) is 142 Å². The van der Waals surface area contributed by atoms with Crippen LogP contribution >= 0.6 is 15.6 Å². The zero-order chi connectivity index (χ0) is 43.9. The zero-order valence-electron chi connectivity index (χ0n) is 35.7. The van der Waals surface area contributed by atoms with E-state index in [1.54, 1.807) is 0 Å². The molecular weight excluding hydrogens is 810 g/mol. The summed E-state index contributed by atoms with van der Waals surface area (Å²) in [6.07, 6.45) is 16.1. The standard InChI is InChI=1S/C41H78O16P2/c1-3-5-7-9-11-13-15-17-19-21-23-25-27-29-34(42)53-31-33(55-35(43)30-28-26-24-22-20-18-16-14-12-10-8-6-4-2)32-54-59(51,52)57-41-38(46)36(44)37(45)40(39(41)47)56-58(48,49)50/h13,15,33,36-41,44-47H,3-12,14,16-32H2,1-2H3,(H,51,52)(H2,48,49,50)/b15-13-/t33-,36?,37?,38?,39?,40-,41+/m1/s1. The second-order valence-corrected chi connectivity index (χ2v) is 18.4. The number of carbonyl (C=O) groups is 2. The van der Waals surface area contributed by atoms with Crippen molar-refractivity contribution in [2.24, 2.45) is 0 Å². The summed E-state index contributed by atoms with van der Waals surface area (Å²) in [6, 6.07) is 0. The minimum absolute atomic E-state index is 0.0475. The Labute approximate surface area is 352 Å². The minimum atomic E-state index is -5.36. The number of carbonyl (C=O) groups excluding carboxylic acids is 2. The highest BCUT2D eigenvalue weighted by atomic mass is 31.2. The molecule has 0 saturated heterocycles. The number of aliphatic hydroxyl groups excluding tert-OH is 4. The van der Waals surface area contributed by atoms with E-state index in [9.17, 15) is 44.0 Å². The normalized spacial score (nSPS) is 22.7. The Balaban J connectivity index is 2.63. The molecule has 0 aliphatic heterocycles. The van der Waals surface area contributed by atoms with Gasteiger partial charge in [-0.25, -0.2) is 9.13 Å². The topological polar surface area (TPSA) is 256 Å². The van der Waals surface area contributed by atoms with E-state index in [0.29, 0.717) is 12.8 Å². The number of rotatable bonds is 37. The van der Waals surface area contributed by atoms with E-state index in [-0.39, 0.29) is 12.8 Å². The van der Waals surface area contributed by atoms with Crippen LogP contribution in [-0.4, -0.2) is 103 Å². The summed E-state index contributed by atoms with van der Waals surface area (Å²) in [6.45, 7) is 3.07. The molecule has 0 aromatic carbocycles. The van der Waals surface area contributed by atoms with Crippen molar-refractivity contribution in [3.63, 3.8) is 0 Å². The first-order chi connectivity index (χ1) is 28.1. The highest BCUT2D eigenvalue weighted by molar-refractivity contribution is 7.47. The Morgan fingerprint density at radius 1 is 0.525 bits per heavy atom. The highest BCUT2D eigenvalue weighted by Gasteiger charge is 2.54. The molecule has 0 amide bonds. The van der Waals surface area contributed by atoms with Crippen molar-refractivity contribution in [1.82, 2.24) is 0 Å². The van der Waals surface area contributed by atoms with Gasteiger partial charge in [0.1, 0.15) is 43.2 Å². The quantitative estimate of drug-likeness (QED) is 0.0137. The van der Waals surface area contributed by atoms with Gasteiger partial charge in [-0.15, -0.1) is 0 Å². The Morgan fingerprint density at radius 2 is 0.932 bits per heavy atom. The van der Waals surface area contributed by atoms with Crippen molar-refractivity contribution >= 4 is 27.6 Å². The third-order valence-corrected chi connectivity index (χ3v) is 11.8. The first-order valence-electron chi connectivity index (χ1n) is 22.2. The van der Waals surface area contributed by atoms with Gasteiger partial charge in [0.25, 0.3) is 0 Å². The monoisotopic (exact) mass is 888 g/mol. The maximum atomic E-state index is 12.9. The molecule has 0 bridgehead atoms. The molecule has 1 saturated carbocycles. The van der Waals surface area contributed by atoms with Crippen molar-refractivity contribution in [3.05, 3.63) is 12.2 Å². The van der Waals surface area contributed by atoms with Crippen LogP contribution in [0, 0.1) is 0 Å². The predicted molar refractivity (Wildman–Crippen MR) is 223 cm³/mol. The Morgan fingerprint density at radius 3 is 1.41 bits per heavy atom. The molecule has 0 heterocycles. The average Bonchev–Trinajstić information content (AvgIpc) is 3.18. The van der Waals surface area contributed by atoms with Gasteiger partial charge in [0.15, 0.2) is 6.10 Å². The third-order valence-electron chi connectivity index (χ3n) is 10.3. The molecule has 1 rings (SSSR count). The molecule has 0 radical (unpaired) electrons. The molecule has 0 aromatic heterocycles. The molecule has 1 aliphatic rings. The van der Waals surface area contributed by atoms with Crippen molar-refractivity contribution in [2.45, 2.75) is 224 Å². The summed E-state index contributed by atoms with van der Waals surface area (Å²) < 4.78 is 49.2. The number of aliphatic hydroxyl groups is 4. The van der Waals surface area contributed by atoms with Crippen LogP contribution in [-0.2, 0) is 41.8 Å². The third kappa shape index (κ3) is 28.1. The van der Waals surface area contributed by atoms with Crippen LogP contribution in [0.2, 0.25) is 0 Å². The lowest BCUT2D eigenvalue weighted by Crippen LogP contribution is -2.64. The van der Waals surface area contributed by atoms with Crippen molar-refractivity contribution in [2.75, 3.05) is 13.2 Å². The van der Waals surface area contributed by atoms with Crippen LogP contribution in [0.4, 0.5) is 0 Å². The molecule has 59 heavy (non-hydrogen) atoms. The lowest BCUT2D eigenvalue weighted by Gasteiger charge is -2.43. The predicted octanol–water partition coefficient (Wildman–Crippen LogP) is 7.62. The van der Waals surface area contributed by atoms with Crippen LogP contribution in [0.15, 0.2) is 12.2 Å². The van der Waals surface area contributed by atoms with Crippen molar-refractivity contribution in [1.29, 1.82) is 0 Å². The maximum absolute atomic E-state index is 12.9. The molecule has 16 nitrogen and oxygen atoms in total. The van der Waals surface area contributed by atoms with E-state index >= 15 is 0 Å². The van der Waals surface area contributed by atoms with Gasteiger partial charge in [-0.05, 0) is 38.5 Å². The van der Waals surface area contributed by atoms with E-state index in [1.165, 1.54) is 77.0 Å². The number of esters is 2. The van der Waals surface area contributed by atoms with Gasteiger partial charge < -0.3 is 44.6 Å². The number of ether oxygens (including phenoxy) is 2. The fourth-order valence-electron chi connectivity index (χ4n) is 6.84. The molecule has 1 fully saturated rings. The Kier molecular flexibility index (Phi) is 31.5. The molecule has 0 aromatic rings. The highest BCUT2D eigenvalue weighted by Crippen LogP contribution is 2.49. The summed E-state index contributed by atoms with van der Waals surface area (Å²) in [5, 5.41) is 41.1. The summed E-state index contributed by atoms with van der Waals surface area (Å²) in [5.74, 6) is -1.21. The average molecular weight is 889 g/mol. The first kappa shape index (κ1) is 55.8. The largest absolute Gasteiger partial charge is 0.472 e. The summed E-state index contributed by atoms with van der Waals surface area (Å²) in [5.41, 5.74) is 0. The molecule has 1 aliphatic carbocycles.